The lowest BCUT2D eigenvalue weighted by Crippen LogP contribution is -2.50. The van der Waals surface area contributed by atoms with Gasteiger partial charge in [-0.15, -0.1) is 0 Å². The molecule has 1 aliphatic rings. The molecule has 0 aromatic heterocycles. The zero-order chi connectivity index (χ0) is 28.9. The van der Waals surface area contributed by atoms with Gasteiger partial charge in [0.1, 0.15) is 12.2 Å². The van der Waals surface area contributed by atoms with E-state index >= 15 is 0 Å². The molecule has 1 saturated heterocycles. The molecule has 5 aromatic carbocycles. The normalized spacial score (nSPS) is 21.0. The van der Waals surface area contributed by atoms with Gasteiger partial charge >= 0.3 is 6.03 Å². The van der Waals surface area contributed by atoms with Crippen molar-refractivity contribution in [1.82, 2.24) is 9.80 Å². The first-order valence-corrected chi connectivity index (χ1v) is 14.6. The first-order chi connectivity index (χ1) is 20.6. The topological polar surface area (TPSA) is 64.0 Å². The van der Waals surface area contributed by atoms with Crippen molar-refractivity contribution < 1.29 is 15.0 Å². The number of hydrogen-bond donors (Lipinski definition) is 2. The molecule has 0 spiro atoms. The average molecular weight is 557 g/mol. The molecule has 1 aliphatic heterocycles. The van der Waals surface area contributed by atoms with Gasteiger partial charge in [0, 0.05) is 13.1 Å². The van der Waals surface area contributed by atoms with Crippen molar-refractivity contribution >= 4 is 16.8 Å². The Morgan fingerprint density at radius 2 is 0.905 bits per heavy atom. The first-order valence-electron chi connectivity index (χ1n) is 14.6. The summed E-state index contributed by atoms with van der Waals surface area (Å²) in [5, 5.41) is 26.0. The highest BCUT2D eigenvalue weighted by molar-refractivity contribution is 5.83. The van der Waals surface area contributed by atoms with Crippen molar-refractivity contribution in [2.75, 3.05) is 0 Å². The fourth-order valence-electron chi connectivity index (χ4n) is 6.13. The molecule has 0 unspecified atom stereocenters. The van der Waals surface area contributed by atoms with E-state index in [-0.39, 0.29) is 6.03 Å². The van der Waals surface area contributed by atoms with E-state index in [0.717, 1.165) is 33.0 Å². The number of aliphatic hydroxyl groups excluding tert-OH is 2. The zero-order valence-corrected chi connectivity index (χ0v) is 23.5. The van der Waals surface area contributed by atoms with Crippen molar-refractivity contribution in [3.05, 3.63) is 156 Å². The van der Waals surface area contributed by atoms with Gasteiger partial charge in [0.25, 0.3) is 0 Å². The van der Waals surface area contributed by atoms with Crippen LogP contribution in [0.4, 0.5) is 4.79 Å². The predicted octanol–water partition coefficient (Wildman–Crippen LogP) is 6.22. The summed E-state index contributed by atoms with van der Waals surface area (Å²) < 4.78 is 0. The van der Waals surface area contributed by atoms with Crippen LogP contribution in [0.1, 0.15) is 22.3 Å². The molecule has 212 valence electrons. The summed E-state index contributed by atoms with van der Waals surface area (Å²) in [6.07, 6.45) is -1.44. The molecule has 6 rings (SSSR count). The van der Waals surface area contributed by atoms with Crippen LogP contribution in [0.2, 0.25) is 0 Å². The summed E-state index contributed by atoms with van der Waals surface area (Å²) >= 11 is 0. The van der Waals surface area contributed by atoms with Crippen LogP contribution in [-0.2, 0) is 25.9 Å². The number of hydrogen-bond acceptors (Lipinski definition) is 3. The molecule has 4 atom stereocenters. The Kier molecular flexibility index (Phi) is 8.31. The van der Waals surface area contributed by atoms with Crippen LogP contribution >= 0.6 is 0 Å². The molecule has 1 fully saturated rings. The lowest BCUT2D eigenvalue weighted by atomic mass is 9.91. The lowest BCUT2D eigenvalue weighted by Gasteiger charge is -2.36. The number of fused-ring (bicyclic) bond motifs is 1. The van der Waals surface area contributed by atoms with E-state index in [1.165, 1.54) is 0 Å². The van der Waals surface area contributed by atoms with Gasteiger partial charge in [0.15, 0.2) is 0 Å². The zero-order valence-electron chi connectivity index (χ0n) is 23.5. The van der Waals surface area contributed by atoms with Gasteiger partial charge in [0.2, 0.25) is 0 Å². The number of carbonyl (C=O) groups excluding carboxylic acids is 1. The van der Waals surface area contributed by atoms with E-state index in [1.54, 1.807) is 9.80 Å². The molecular formula is C37H36N2O3. The first kappa shape index (κ1) is 27.7. The van der Waals surface area contributed by atoms with Crippen molar-refractivity contribution in [3.63, 3.8) is 0 Å². The third-order valence-corrected chi connectivity index (χ3v) is 8.37. The number of urea groups is 1. The second-order valence-electron chi connectivity index (χ2n) is 11.2. The average Bonchev–Trinajstić information content (AvgIpc) is 3.10. The van der Waals surface area contributed by atoms with Crippen LogP contribution in [0, 0.1) is 0 Å². The molecule has 5 heteroatoms. The van der Waals surface area contributed by atoms with Gasteiger partial charge in [-0.2, -0.15) is 0 Å². The van der Waals surface area contributed by atoms with Gasteiger partial charge in [-0.1, -0.05) is 127 Å². The molecule has 5 aromatic rings. The van der Waals surface area contributed by atoms with Crippen LogP contribution in [0.3, 0.4) is 0 Å². The largest absolute Gasteiger partial charge is 0.388 e. The Hall–Kier alpha value is -4.45. The maximum atomic E-state index is 14.7. The second-order valence-corrected chi connectivity index (χ2v) is 11.2. The lowest BCUT2D eigenvalue weighted by molar-refractivity contribution is -0.0408. The van der Waals surface area contributed by atoms with Crippen molar-refractivity contribution in [1.29, 1.82) is 0 Å². The van der Waals surface area contributed by atoms with Gasteiger partial charge < -0.3 is 20.0 Å². The monoisotopic (exact) mass is 556 g/mol. The highest BCUT2D eigenvalue weighted by atomic mass is 16.3. The Labute approximate surface area is 247 Å². The molecule has 0 radical (unpaired) electrons. The van der Waals surface area contributed by atoms with Crippen molar-refractivity contribution in [3.8, 4) is 0 Å². The maximum absolute atomic E-state index is 14.7. The van der Waals surface area contributed by atoms with Crippen LogP contribution in [-0.4, -0.2) is 50.3 Å². The van der Waals surface area contributed by atoms with Gasteiger partial charge in [0.05, 0.1) is 12.1 Å². The standard InChI is InChI=1S/C37H36N2O3/c40-35-33(23-27-12-4-1-5-13-27)38(25-29-16-8-3-9-17-29)37(42)39(34(36(35)41)24-28-14-6-2-7-15-28)26-30-20-21-31-18-10-11-19-32(31)22-30/h1-22,33-36,40-41H,23-26H2/t33-,34-,35+,36+/m1/s1. The Morgan fingerprint density at radius 3 is 1.43 bits per heavy atom. The third kappa shape index (κ3) is 6.08. The van der Waals surface area contributed by atoms with E-state index in [9.17, 15) is 15.0 Å². The highest BCUT2D eigenvalue weighted by Gasteiger charge is 2.46. The van der Waals surface area contributed by atoms with E-state index in [0.29, 0.717) is 25.9 Å². The van der Waals surface area contributed by atoms with Gasteiger partial charge in [-0.3, -0.25) is 0 Å². The van der Waals surface area contributed by atoms with E-state index in [4.69, 9.17) is 0 Å². The van der Waals surface area contributed by atoms with E-state index < -0.39 is 24.3 Å². The summed E-state index contributed by atoms with van der Waals surface area (Å²) in [6.45, 7) is 0.640. The summed E-state index contributed by atoms with van der Waals surface area (Å²) in [5.74, 6) is 0. The predicted molar refractivity (Wildman–Crippen MR) is 167 cm³/mol. The molecule has 1 heterocycles. The maximum Gasteiger partial charge on any atom is 0.321 e. The molecule has 2 N–H and O–H groups in total. The number of nitrogens with zero attached hydrogens (tertiary/aromatic N) is 2. The number of amides is 2. The molecule has 42 heavy (non-hydrogen) atoms. The summed E-state index contributed by atoms with van der Waals surface area (Å²) in [4.78, 5) is 18.3. The molecule has 0 saturated carbocycles. The minimum absolute atomic E-state index is 0.190. The molecule has 5 nitrogen and oxygen atoms in total. The highest BCUT2D eigenvalue weighted by Crippen LogP contribution is 2.30. The minimum Gasteiger partial charge on any atom is -0.388 e. The minimum atomic E-state index is -1.15. The molecular weight excluding hydrogens is 520 g/mol. The summed E-state index contributed by atoms with van der Waals surface area (Å²) in [6, 6.07) is 42.6. The molecule has 0 bridgehead atoms. The number of carbonyl (C=O) groups is 1. The quantitative estimate of drug-likeness (QED) is 0.238. The second kappa shape index (κ2) is 12.6. The SMILES string of the molecule is O=C1N(Cc2ccccc2)[C@H](Cc2ccccc2)[C@H](O)[C@@H](O)[C@@H](Cc2ccccc2)N1Cc1ccc2ccccc2c1. The number of aliphatic hydroxyl groups is 2. The van der Waals surface area contributed by atoms with E-state index in [1.807, 2.05) is 109 Å². The van der Waals surface area contributed by atoms with Crippen LogP contribution in [0.25, 0.3) is 10.8 Å². The summed E-state index contributed by atoms with van der Waals surface area (Å²) in [5.41, 5.74) is 3.95. The Morgan fingerprint density at radius 1 is 0.476 bits per heavy atom. The smallest absolute Gasteiger partial charge is 0.321 e. The Bertz CT molecular complexity index is 1610. The van der Waals surface area contributed by atoms with Crippen molar-refractivity contribution in [2.24, 2.45) is 0 Å². The van der Waals surface area contributed by atoms with Gasteiger partial charge in [-0.25, -0.2) is 4.79 Å². The fraction of sp³-hybridized carbons (Fsp3) is 0.216. The van der Waals surface area contributed by atoms with Crippen LogP contribution < -0.4 is 0 Å². The Balaban J connectivity index is 1.43. The van der Waals surface area contributed by atoms with Gasteiger partial charge in [-0.05, 0) is 51.9 Å². The number of benzene rings is 5. The van der Waals surface area contributed by atoms with E-state index in [2.05, 4.69) is 24.3 Å². The van der Waals surface area contributed by atoms with Crippen LogP contribution in [0.15, 0.2) is 133 Å². The summed E-state index contributed by atoms with van der Waals surface area (Å²) in [7, 11) is 0. The number of rotatable bonds is 8. The van der Waals surface area contributed by atoms with Crippen molar-refractivity contribution in [2.45, 2.75) is 50.2 Å². The molecule has 0 aliphatic carbocycles. The third-order valence-electron chi connectivity index (χ3n) is 8.37. The molecule has 2 amide bonds. The fourth-order valence-corrected chi connectivity index (χ4v) is 6.13. The van der Waals surface area contributed by atoms with Crippen LogP contribution in [0.5, 0.6) is 0 Å².